The van der Waals surface area contributed by atoms with Crippen LogP contribution in [0.1, 0.15) is 0 Å². The van der Waals surface area contributed by atoms with E-state index in [4.69, 9.17) is 9.84 Å². The number of carbonyl (C=O) groups is 1. The van der Waals surface area contributed by atoms with Crippen molar-refractivity contribution in [2.45, 2.75) is 0 Å². The third-order valence-electron chi connectivity index (χ3n) is 1.93. The van der Waals surface area contributed by atoms with Crippen LogP contribution in [-0.4, -0.2) is 38.0 Å². The molecular weight excluding hydrogens is 148 g/mol. The number of carbonyl (C=O) groups excluding carboxylic acids is 1. The largest absolute Gasteiger partial charge is 0.469 e. The van der Waals surface area contributed by atoms with Crippen LogP contribution in [-0.2, 0) is 14.3 Å². The van der Waals surface area contributed by atoms with Gasteiger partial charge in [0, 0.05) is 5.92 Å². The van der Waals surface area contributed by atoms with Gasteiger partial charge in [-0.3, -0.25) is 4.79 Å². The smallest absolute Gasteiger partial charge is 0.311 e. The first-order chi connectivity index (χ1) is 5.29. The predicted octanol–water partition coefficient (Wildman–Crippen LogP) is -0.586. The fourth-order valence-corrected chi connectivity index (χ4v) is 1.05. The maximum Gasteiger partial charge on any atom is 0.311 e. The number of hydrogen-bond donors (Lipinski definition) is 1. The minimum absolute atomic E-state index is 0.146. The fourth-order valence-electron chi connectivity index (χ4n) is 1.05. The highest BCUT2D eigenvalue weighted by molar-refractivity contribution is 5.72. The Morgan fingerprint density at radius 3 is 2.73 bits per heavy atom. The molecule has 0 amide bonds. The van der Waals surface area contributed by atoms with E-state index >= 15 is 0 Å². The summed E-state index contributed by atoms with van der Waals surface area (Å²) in [6.07, 6.45) is 0. The van der Waals surface area contributed by atoms with E-state index in [1.165, 1.54) is 7.11 Å². The third-order valence-corrected chi connectivity index (χ3v) is 1.93. The van der Waals surface area contributed by atoms with Gasteiger partial charge in [-0.15, -0.1) is 0 Å². The van der Waals surface area contributed by atoms with Crippen molar-refractivity contribution in [2.75, 3.05) is 26.9 Å². The maximum atomic E-state index is 10.9. The summed E-state index contributed by atoms with van der Waals surface area (Å²) in [6.45, 7) is 0.960. The topological polar surface area (TPSA) is 55.8 Å². The number of ether oxygens (including phenoxy) is 2. The van der Waals surface area contributed by atoms with Crippen molar-refractivity contribution in [3.05, 3.63) is 0 Å². The van der Waals surface area contributed by atoms with Crippen LogP contribution < -0.4 is 0 Å². The van der Waals surface area contributed by atoms with Crippen LogP contribution in [0.25, 0.3) is 0 Å². The molecule has 64 valence electrons. The van der Waals surface area contributed by atoms with Crippen LogP contribution in [0.15, 0.2) is 0 Å². The van der Waals surface area contributed by atoms with Crippen molar-refractivity contribution in [1.82, 2.24) is 0 Å². The highest BCUT2D eigenvalue weighted by Gasteiger charge is 2.33. The van der Waals surface area contributed by atoms with E-state index in [1.807, 2.05) is 0 Å². The number of rotatable bonds is 3. The summed E-state index contributed by atoms with van der Waals surface area (Å²) >= 11 is 0. The van der Waals surface area contributed by atoms with Crippen LogP contribution in [0, 0.1) is 11.8 Å². The van der Waals surface area contributed by atoms with E-state index in [2.05, 4.69) is 4.74 Å². The molecule has 0 aliphatic carbocycles. The van der Waals surface area contributed by atoms with E-state index in [-0.39, 0.29) is 18.5 Å². The Hall–Kier alpha value is -0.610. The van der Waals surface area contributed by atoms with Crippen molar-refractivity contribution in [3.63, 3.8) is 0 Å². The molecule has 4 nitrogen and oxygen atoms in total. The molecular formula is C7H12O4. The fraction of sp³-hybridized carbons (Fsp3) is 0.857. The molecule has 4 heteroatoms. The zero-order valence-corrected chi connectivity index (χ0v) is 6.45. The van der Waals surface area contributed by atoms with Crippen molar-refractivity contribution in [1.29, 1.82) is 0 Å². The highest BCUT2D eigenvalue weighted by atomic mass is 16.5. The summed E-state index contributed by atoms with van der Waals surface area (Å²) < 4.78 is 9.40. The molecule has 0 aromatic rings. The Balaban J connectivity index is 2.40. The SMILES string of the molecule is COC(=O)C(CO)C1COC1. The lowest BCUT2D eigenvalue weighted by atomic mass is 9.92. The molecule has 11 heavy (non-hydrogen) atoms. The van der Waals surface area contributed by atoms with E-state index < -0.39 is 5.92 Å². The van der Waals surface area contributed by atoms with E-state index in [0.717, 1.165) is 0 Å². The lowest BCUT2D eigenvalue weighted by Crippen LogP contribution is -2.40. The molecule has 0 spiro atoms. The second-order valence-corrected chi connectivity index (χ2v) is 2.61. The zero-order chi connectivity index (χ0) is 8.27. The molecule has 1 saturated heterocycles. The van der Waals surface area contributed by atoms with Gasteiger partial charge in [-0.25, -0.2) is 0 Å². The van der Waals surface area contributed by atoms with Gasteiger partial charge in [-0.1, -0.05) is 0 Å². The number of methoxy groups -OCH3 is 1. The van der Waals surface area contributed by atoms with Crippen LogP contribution in [0.5, 0.6) is 0 Å². The molecule has 0 radical (unpaired) electrons. The number of aliphatic hydroxyl groups excluding tert-OH is 1. The van der Waals surface area contributed by atoms with Gasteiger partial charge >= 0.3 is 5.97 Å². The Morgan fingerprint density at radius 2 is 2.45 bits per heavy atom. The monoisotopic (exact) mass is 160 g/mol. The van der Waals surface area contributed by atoms with Crippen LogP contribution >= 0.6 is 0 Å². The van der Waals surface area contributed by atoms with Crippen molar-refractivity contribution in [2.24, 2.45) is 11.8 Å². The summed E-state index contributed by atoms with van der Waals surface area (Å²) in [6, 6.07) is 0. The second kappa shape index (κ2) is 3.69. The van der Waals surface area contributed by atoms with Crippen LogP contribution in [0.4, 0.5) is 0 Å². The molecule has 0 bridgehead atoms. The van der Waals surface area contributed by atoms with E-state index in [1.54, 1.807) is 0 Å². The van der Waals surface area contributed by atoms with Crippen molar-refractivity contribution >= 4 is 5.97 Å². The average Bonchev–Trinajstić information content (AvgIpc) is 1.94. The van der Waals surface area contributed by atoms with Crippen LogP contribution in [0.3, 0.4) is 0 Å². The summed E-state index contributed by atoms with van der Waals surface area (Å²) in [5, 5.41) is 8.81. The molecule has 1 rings (SSSR count). The standard InChI is InChI=1S/C7H12O4/c1-10-7(9)6(2-8)5-3-11-4-5/h5-6,8H,2-4H2,1H3. The van der Waals surface area contributed by atoms with E-state index in [0.29, 0.717) is 13.2 Å². The summed E-state index contributed by atoms with van der Waals surface area (Å²) in [4.78, 5) is 10.9. The number of aliphatic hydroxyl groups is 1. The van der Waals surface area contributed by atoms with Crippen LogP contribution in [0.2, 0.25) is 0 Å². The van der Waals surface area contributed by atoms with Gasteiger partial charge in [0.15, 0.2) is 0 Å². The Morgan fingerprint density at radius 1 is 1.82 bits per heavy atom. The van der Waals surface area contributed by atoms with Gasteiger partial charge < -0.3 is 14.6 Å². The molecule has 1 aliphatic heterocycles. The molecule has 1 atom stereocenters. The first kappa shape index (κ1) is 8.49. The molecule has 0 aromatic carbocycles. The highest BCUT2D eigenvalue weighted by Crippen LogP contribution is 2.21. The van der Waals surface area contributed by atoms with Gasteiger partial charge in [0.1, 0.15) is 0 Å². The predicted molar refractivity (Wildman–Crippen MR) is 36.9 cm³/mol. The molecule has 1 unspecified atom stereocenters. The minimum atomic E-state index is -0.395. The van der Waals surface area contributed by atoms with Gasteiger partial charge in [0.2, 0.25) is 0 Å². The number of esters is 1. The Kier molecular flexibility index (Phi) is 2.84. The average molecular weight is 160 g/mol. The van der Waals surface area contributed by atoms with Gasteiger partial charge in [0.05, 0.1) is 32.8 Å². The third kappa shape index (κ3) is 1.70. The quantitative estimate of drug-likeness (QED) is 0.561. The van der Waals surface area contributed by atoms with E-state index in [9.17, 15) is 4.79 Å². The summed E-state index contributed by atoms with van der Waals surface area (Å²) in [5.74, 6) is -0.595. The minimum Gasteiger partial charge on any atom is -0.469 e. The molecule has 0 aromatic heterocycles. The Labute approximate surface area is 65.1 Å². The van der Waals surface area contributed by atoms with Gasteiger partial charge in [-0.2, -0.15) is 0 Å². The molecule has 1 fully saturated rings. The van der Waals surface area contributed by atoms with Gasteiger partial charge in [-0.05, 0) is 0 Å². The molecule has 0 saturated carbocycles. The normalized spacial score (nSPS) is 20.5. The maximum absolute atomic E-state index is 10.9. The summed E-state index contributed by atoms with van der Waals surface area (Å²) in [5.41, 5.74) is 0. The lowest BCUT2D eigenvalue weighted by molar-refractivity contribution is -0.158. The van der Waals surface area contributed by atoms with Gasteiger partial charge in [0.25, 0.3) is 0 Å². The first-order valence-electron chi connectivity index (χ1n) is 3.56. The second-order valence-electron chi connectivity index (χ2n) is 2.61. The Bertz CT molecular complexity index is 141. The van der Waals surface area contributed by atoms with Crippen molar-refractivity contribution < 1.29 is 19.4 Å². The number of hydrogen-bond acceptors (Lipinski definition) is 4. The molecule has 1 N–H and O–H groups in total. The zero-order valence-electron chi connectivity index (χ0n) is 6.45. The van der Waals surface area contributed by atoms with Crippen molar-refractivity contribution in [3.8, 4) is 0 Å². The lowest BCUT2D eigenvalue weighted by Gasteiger charge is -2.30. The molecule has 1 heterocycles. The first-order valence-corrected chi connectivity index (χ1v) is 3.56. The summed E-state index contributed by atoms with van der Waals surface area (Å²) in [7, 11) is 1.32. The molecule has 1 aliphatic rings.